The van der Waals surface area contributed by atoms with Gasteiger partial charge in [-0.2, -0.15) is 5.10 Å². The molecule has 122 valence electrons. The number of carbonyl (C=O) groups excluding carboxylic acids is 1. The van der Waals surface area contributed by atoms with E-state index in [1.807, 2.05) is 22.4 Å². The molecule has 0 aromatic carbocycles. The van der Waals surface area contributed by atoms with Crippen molar-refractivity contribution < 1.29 is 4.79 Å². The van der Waals surface area contributed by atoms with Gasteiger partial charge >= 0.3 is 0 Å². The Morgan fingerprint density at radius 1 is 1.33 bits per heavy atom. The van der Waals surface area contributed by atoms with Crippen molar-refractivity contribution >= 4 is 17.2 Å². The second-order valence-corrected chi connectivity index (χ2v) is 6.57. The average Bonchev–Trinajstić information content (AvgIpc) is 3.34. The third-order valence-corrected chi connectivity index (χ3v) is 4.96. The number of hydrogen-bond acceptors (Lipinski definition) is 6. The van der Waals surface area contributed by atoms with Gasteiger partial charge in [-0.3, -0.25) is 14.9 Å². The average molecular weight is 340 g/mol. The topological polar surface area (TPSA) is 87.7 Å². The molecule has 4 rings (SSSR count). The zero-order valence-electron chi connectivity index (χ0n) is 12.9. The molecule has 1 aliphatic rings. The number of piperidine rings is 1. The standard InChI is InChI=1S/C16H16N6OS/c23-16(13-5-3-9-24-13)22-8-2-1-4-12(22)15-19-14(20-21-15)11-10-17-6-7-18-11/h3,5-7,9-10,12H,1-2,4,8H2,(H,19,20,21). The minimum absolute atomic E-state index is 0.0622. The zero-order chi connectivity index (χ0) is 16.4. The molecule has 4 heterocycles. The first kappa shape index (κ1) is 14.9. The summed E-state index contributed by atoms with van der Waals surface area (Å²) < 4.78 is 0. The molecule has 0 saturated carbocycles. The van der Waals surface area contributed by atoms with E-state index in [0.29, 0.717) is 17.3 Å². The molecule has 1 aliphatic heterocycles. The van der Waals surface area contributed by atoms with Crippen LogP contribution in [0.5, 0.6) is 0 Å². The Kier molecular flexibility index (Phi) is 4.04. The van der Waals surface area contributed by atoms with Crippen LogP contribution in [0.4, 0.5) is 0 Å². The van der Waals surface area contributed by atoms with E-state index in [2.05, 4.69) is 25.1 Å². The Bertz CT molecular complexity index is 816. The lowest BCUT2D eigenvalue weighted by molar-refractivity contribution is 0.0605. The summed E-state index contributed by atoms with van der Waals surface area (Å²) in [5.41, 5.74) is 0.618. The summed E-state index contributed by atoms with van der Waals surface area (Å²) in [6.07, 6.45) is 7.81. The van der Waals surface area contributed by atoms with E-state index in [4.69, 9.17) is 0 Å². The first-order valence-corrected chi connectivity index (χ1v) is 8.74. The van der Waals surface area contributed by atoms with Gasteiger partial charge in [-0.15, -0.1) is 11.3 Å². The lowest BCUT2D eigenvalue weighted by Gasteiger charge is -2.34. The number of hydrogen-bond donors (Lipinski definition) is 1. The highest BCUT2D eigenvalue weighted by Gasteiger charge is 2.31. The van der Waals surface area contributed by atoms with Crippen LogP contribution < -0.4 is 0 Å². The summed E-state index contributed by atoms with van der Waals surface area (Å²) in [7, 11) is 0. The monoisotopic (exact) mass is 340 g/mol. The second-order valence-electron chi connectivity index (χ2n) is 5.62. The maximum atomic E-state index is 12.8. The maximum Gasteiger partial charge on any atom is 0.264 e. The number of nitrogens with zero attached hydrogens (tertiary/aromatic N) is 5. The van der Waals surface area contributed by atoms with Crippen LogP contribution in [0.15, 0.2) is 36.1 Å². The van der Waals surface area contributed by atoms with Gasteiger partial charge in [0.2, 0.25) is 5.82 Å². The Morgan fingerprint density at radius 3 is 3.08 bits per heavy atom. The van der Waals surface area contributed by atoms with Gasteiger partial charge in [0.1, 0.15) is 11.5 Å². The molecule has 8 heteroatoms. The molecule has 0 radical (unpaired) electrons. The molecule has 24 heavy (non-hydrogen) atoms. The number of H-pyrrole nitrogens is 1. The summed E-state index contributed by atoms with van der Waals surface area (Å²) in [5.74, 6) is 1.28. The SMILES string of the molecule is O=C(c1cccs1)N1CCCCC1c1nc(-c2cnccn2)n[nH]1. The number of likely N-dealkylation sites (tertiary alicyclic amines) is 1. The van der Waals surface area contributed by atoms with Crippen LogP contribution in [0.2, 0.25) is 0 Å². The Morgan fingerprint density at radius 2 is 2.29 bits per heavy atom. The van der Waals surface area contributed by atoms with Gasteiger partial charge in [-0.25, -0.2) is 9.97 Å². The summed E-state index contributed by atoms with van der Waals surface area (Å²) >= 11 is 1.47. The molecule has 0 bridgehead atoms. The maximum absolute atomic E-state index is 12.8. The van der Waals surface area contributed by atoms with Crippen LogP contribution in [-0.4, -0.2) is 42.5 Å². The van der Waals surface area contributed by atoms with Gasteiger partial charge in [-0.05, 0) is 30.7 Å². The Balaban J connectivity index is 1.62. The largest absolute Gasteiger partial charge is 0.328 e. The number of carbonyl (C=O) groups is 1. The van der Waals surface area contributed by atoms with E-state index in [1.165, 1.54) is 11.3 Å². The quantitative estimate of drug-likeness (QED) is 0.792. The van der Waals surface area contributed by atoms with Crippen molar-refractivity contribution in [2.24, 2.45) is 0 Å². The smallest absolute Gasteiger partial charge is 0.264 e. The zero-order valence-corrected chi connectivity index (χ0v) is 13.7. The van der Waals surface area contributed by atoms with Crippen LogP contribution in [0.25, 0.3) is 11.5 Å². The van der Waals surface area contributed by atoms with Crippen molar-refractivity contribution in [2.75, 3.05) is 6.54 Å². The minimum atomic E-state index is -0.0775. The van der Waals surface area contributed by atoms with Crippen molar-refractivity contribution in [2.45, 2.75) is 25.3 Å². The van der Waals surface area contributed by atoms with Crippen molar-refractivity contribution in [3.63, 3.8) is 0 Å². The van der Waals surface area contributed by atoms with E-state index in [9.17, 15) is 4.79 Å². The Hall–Kier alpha value is -2.61. The molecule has 1 fully saturated rings. The van der Waals surface area contributed by atoms with Crippen LogP contribution >= 0.6 is 11.3 Å². The van der Waals surface area contributed by atoms with E-state index >= 15 is 0 Å². The molecule has 0 aliphatic carbocycles. The predicted molar refractivity (Wildman–Crippen MR) is 89.4 cm³/mol. The second kappa shape index (κ2) is 6.48. The van der Waals surface area contributed by atoms with Gasteiger partial charge in [0.05, 0.1) is 17.1 Å². The minimum Gasteiger partial charge on any atom is -0.328 e. The highest BCUT2D eigenvalue weighted by Crippen LogP contribution is 2.31. The van der Waals surface area contributed by atoms with Crippen LogP contribution in [0.3, 0.4) is 0 Å². The number of aromatic nitrogens is 5. The van der Waals surface area contributed by atoms with Gasteiger partial charge < -0.3 is 4.90 Å². The number of rotatable bonds is 3. The predicted octanol–water partition coefficient (Wildman–Crippen LogP) is 2.69. The van der Waals surface area contributed by atoms with E-state index in [-0.39, 0.29) is 11.9 Å². The van der Waals surface area contributed by atoms with Crippen molar-refractivity contribution in [3.05, 3.63) is 46.8 Å². The fraction of sp³-hybridized carbons (Fsp3) is 0.312. The van der Waals surface area contributed by atoms with Crippen LogP contribution in [-0.2, 0) is 0 Å². The lowest BCUT2D eigenvalue weighted by atomic mass is 10.0. The third kappa shape index (κ3) is 2.80. The fourth-order valence-corrected chi connectivity index (χ4v) is 3.63. The molecular weight excluding hydrogens is 324 g/mol. The van der Waals surface area contributed by atoms with Crippen LogP contribution in [0, 0.1) is 0 Å². The first-order valence-electron chi connectivity index (χ1n) is 7.86. The summed E-state index contributed by atoms with van der Waals surface area (Å²) in [6, 6.07) is 3.69. The highest BCUT2D eigenvalue weighted by molar-refractivity contribution is 7.12. The number of thiophene rings is 1. The van der Waals surface area contributed by atoms with Crippen molar-refractivity contribution in [3.8, 4) is 11.5 Å². The molecule has 1 amide bonds. The van der Waals surface area contributed by atoms with Crippen LogP contribution in [0.1, 0.15) is 40.8 Å². The Labute approximate surface area is 142 Å². The molecule has 0 spiro atoms. The normalized spacial score (nSPS) is 17.8. The molecule has 1 saturated heterocycles. The number of amides is 1. The molecule has 3 aromatic heterocycles. The molecule has 7 nitrogen and oxygen atoms in total. The fourth-order valence-electron chi connectivity index (χ4n) is 2.95. The molecule has 1 N–H and O–H groups in total. The van der Waals surface area contributed by atoms with E-state index < -0.39 is 0 Å². The molecule has 1 unspecified atom stereocenters. The highest BCUT2D eigenvalue weighted by atomic mass is 32.1. The van der Waals surface area contributed by atoms with Gasteiger partial charge in [0.15, 0.2) is 0 Å². The molecule has 3 aromatic rings. The first-order chi connectivity index (χ1) is 11.8. The summed E-state index contributed by atoms with van der Waals surface area (Å²) in [4.78, 5) is 28.2. The summed E-state index contributed by atoms with van der Waals surface area (Å²) in [6.45, 7) is 0.739. The van der Waals surface area contributed by atoms with Gasteiger partial charge in [0, 0.05) is 18.9 Å². The van der Waals surface area contributed by atoms with Gasteiger partial charge in [0.25, 0.3) is 5.91 Å². The molecule has 1 atom stereocenters. The number of nitrogens with one attached hydrogen (secondary N) is 1. The third-order valence-electron chi connectivity index (χ3n) is 4.11. The van der Waals surface area contributed by atoms with Crippen molar-refractivity contribution in [1.29, 1.82) is 0 Å². The lowest BCUT2D eigenvalue weighted by Crippen LogP contribution is -2.38. The van der Waals surface area contributed by atoms with E-state index in [0.717, 1.165) is 30.7 Å². The summed E-state index contributed by atoms with van der Waals surface area (Å²) in [5, 5.41) is 9.15. The number of aromatic amines is 1. The van der Waals surface area contributed by atoms with E-state index in [1.54, 1.807) is 18.6 Å². The molecular formula is C16H16N6OS. The van der Waals surface area contributed by atoms with Crippen molar-refractivity contribution in [1.82, 2.24) is 30.0 Å². The van der Waals surface area contributed by atoms with Gasteiger partial charge in [-0.1, -0.05) is 6.07 Å².